The van der Waals surface area contributed by atoms with E-state index in [1.165, 1.54) is 24.2 Å². The number of thioether (sulfide) groups is 1. The maximum atomic E-state index is 5.62. The number of unbranched alkanes of at least 4 members (excludes halogenated alkanes) is 1. The van der Waals surface area contributed by atoms with Crippen LogP contribution in [0, 0.1) is 0 Å². The Balaban J connectivity index is 1.94. The molecule has 0 bridgehead atoms. The number of ether oxygens (including phenoxy) is 1. The van der Waals surface area contributed by atoms with Crippen LogP contribution in [0.3, 0.4) is 0 Å². The van der Waals surface area contributed by atoms with Gasteiger partial charge in [-0.2, -0.15) is 11.8 Å². The van der Waals surface area contributed by atoms with Gasteiger partial charge in [-0.3, -0.25) is 4.99 Å². The van der Waals surface area contributed by atoms with Crippen LogP contribution in [0.1, 0.15) is 31.2 Å². The van der Waals surface area contributed by atoms with Crippen molar-refractivity contribution in [3.05, 3.63) is 34.3 Å². The third kappa shape index (κ3) is 6.50. The van der Waals surface area contributed by atoms with Crippen molar-refractivity contribution in [2.75, 3.05) is 45.4 Å². The molecular formula is C19H30BrN3OS. The van der Waals surface area contributed by atoms with Crippen LogP contribution < -0.4 is 10.6 Å². The van der Waals surface area contributed by atoms with E-state index in [0.29, 0.717) is 0 Å². The van der Waals surface area contributed by atoms with Crippen LogP contribution in [-0.2, 0) is 10.2 Å². The Hall–Kier alpha value is -0.720. The first-order valence-electron chi connectivity index (χ1n) is 8.97. The summed E-state index contributed by atoms with van der Waals surface area (Å²) in [6.07, 6.45) is 6.64. The van der Waals surface area contributed by atoms with Crippen molar-refractivity contribution in [1.82, 2.24) is 10.6 Å². The molecule has 2 N–H and O–H groups in total. The molecule has 0 spiro atoms. The highest BCUT2D eigenvalue weighted by molar-refractivity contribution is 9.10. The topological polar surface area (TPSA) is 45.7 Å². The number of aliphatic imine (C=N–C) groups is 1. The first kappa shape index (κ1) is 20.6. The third-order valence-electron chi connectivity index (χ3n) is 4.79. The van der Waals surface area contributed by atoms with Gasteiger partial charge in [0.2, 0.25) is 0 Å². The van der Waals surface area contributed by atoms with E-state index in [9.17, 15) is 0 Å². The van der Waals surface area contributed by atoms with Crippen LogP contribution in [0.4, 0.5) is 0 Å². The van der Waals surface area contributed by atoms with Crippen LogP contribution in [0.2, 0.25) is 0 Å². The van der Waals surface area contributed by atoms with Crippen LogP contribution in [0.5, 0.6) is 0 Å². The predicted octanol–water partition coefficient (Wildman–Crippen LogP) is 3.81. The average molecular weight is 428 g/mol. The second-order valence-electron chi connectivity index (χ2n) is 6.45. The lowest BCUT2D eigenvalue weighted by atomic mass is 9.74. The Morgan fingerprint density at radius 2 is 1.92 bits per heavy atom. The van der Waals surface area contributed by atoms with E-state index in [0.717, 1.165) is 49.6 Å². The van der Waals surface area contributed by atoms with Gasteiger partial charge in [0.1, 0.15) is 0 Å². The molecule has 6 heteroatoms. The minimum absolute atomic E-state index is 0.107. The van der Waals surface area contributed by atoms with E-state index in [4.69, 9.17) is 4.74 Å². The zero-order valence-corrected chi connectivity index (χ0v) is 17.7. The number of rotatable bonds is 8. The highest BCUT2D eigenvalue weighted by Gasteiger charge is 2.34. The molecule has 140 valence electrons. The molecule has 0 aliphatic carbocycles. The Morgan fingerprint density at radius 3 is 2.56 bits per heavy atom. The number of hydrogen-bond donors (Lipinski definition) is 2. The molecule has 0 atom stereocenters. The summed E-state index contributed by atoms with van der Waals surface area (Å²) in [4.78, 5) is 4.38. The van der Waals surface area contributed by atoms with Gasteiger partial charge >= 0.3 is 0 Å². The minimum Gasteiger partial charge on any atom is -0.381 e. The molecule has 1 aromatic rings. The summed E-state index contributed by atoms with van der Waals surface area (Å²) in [5.41, 5.74) is 1.48. The Bertz CT molecular complexity index is 530. The predicted molar refractivity (Wildman–Crippen MR) is 113 cm³/mol. The molecular weight excluding hydrogens is 398 g/mol. The van der Waals surface area contributed by atoms with Crippen molar-refractivity contribution in [3.63, 3.8) is 0 Å². The average Bonchev–Trinajstić information content (AvgIpc) is 2.65. The van der Waals surface area contributed by atoms with Gasteiger partial charge in [-0.25, -0.2) is 0 Å². The van der Waals surface area contributed by atoms with E-state index in [1.54, 1.807) is 0 Å². The highest BCUT2D eigenvalue weighted by atomic mass is 79.9. The number of guanidine groups is 1. The van der Waals surface area contributed by atoms with E-state index < -0.39 is 0 Å². The maximum absolute atomic E-state index is 5.62. The molecule has 0 amide bonds. The summed E-state index contributed by atoms with van der Waals surface area (Å²) in [6.45, 7) is 3.48. The molecule has 1 fully saturated rings. The van der Waals surface area contributed by atoms with Gasteiger partial charge in [-0.05, 0) is 55.4 Å². The van der Waals surface area contributed by atoms with E-state index in [-0.39, 0.29) is 5.41 Å². The number of halogens is 1. The summed E-state index contributed by atoms with van der Waals surface area (Å²) in [5, 5.41) is 6.99. The lowest BCUT2D eigenvalue weighted by Crippen LogP contribution is -2.48. The van der Waals surface area contributed by atoms with Gasteiger partial charge in [-0.1, -0.05) is 28.1 Å². The zero-order chi connectivity index (χ0) is 18.0. The molecule has 1 aromatic carbocycles. The van der Waals surface area contributed by atoms with Gasteiger partial charge in [0.05, 0.1) is 0 Å². The summed E-state index contributed by atoms with van der Waals surface area (Å²) in [5.74, 6) is 2.12. The van der Waals surface area contributed by atoms with Crippen LogP contribution >= 0.6 is 27.7 Å². The summed E-state index contributed by atoms with van der Waals surface area (Å²) < 4.78 is 6.74. The summed E-state index contributed by atoms with van der Waals surface area (Å²) >= 11 is 5.44. The normalized spacial score (nSPS) is 17.3. The molecule has 25 heavy (non-hydrogen) atoms. The lowest BCUT2D eigenvalue weighted by Gasteiger charge is -2.38. The van der Waals surface area contributed by atoms with Gasteiger partial charge < -0.3 is 15.4 Å². The maximum Gasteiger partial charge on any atom is 0.191 e. The van der Waals surface area contributed by atoms with Crippen molar-refractivity contribution in [2.45, 2.75) is 31.1 Å². The summed E-state index contributed by atoms with van der Waals surface area (Å²) in [7, 11) is 1.84. The largest absolute Gasteiger partial charge is 0.381 e. The molecule has 1 aliphatic heterocycles. The van der Waals surface area contributed by atoms with Crippen molar-refractivity contribution < 1.29 is 4.74 Å². The second kappa shape index (κ2) is 11.1. The highest BCUT2D eigenvalue weighted by Crippen LogP contribution is 2.34. The number of nitrogens with zero attached hydrogens (tertiary/aromatic N) is 1. The molecule has 0 unspecified atom stereocenters. The van der Waals surface area contributed by atoms with Crippen LogP contribution in [0.15, 0.2) is 33.7 Å². The van der Waals surface area contributed by atoms with Crippen LogP contribution in [0.25, 0.3) is 0 Å². The van der Waals surface area contributed by atoms with Crippen molar-refractivity contribution >= 4 is 33.7 Å². The quantitative estimate of drug-likeness (QED) is 0.376. The van der Waals surface area contributed by atoms with E-state index in [2.05, 4.69) is 62.1 Å². The second-order valence-corrected chi connectivity index (χ2v) is 8.35. The summed E-state index contributed by atoms with van der Waals surface area (Å²) in [6, 6.07) is 8.72. The smallest absolute Gasteiger partial charge is 0.191 e. The fraction of sp³-hybridized carbons (Fsp3) is 0.632. The molecule has 1 heterocycles. The monoisotopic (exact) mass is 427 g/mol. The van der Waals surface area contributed by atoms with Gasteiger partial charge in [0, 0.05) is 43.2 Å². The molecule has 0 saturated carbocycles. The number of benzene rings is 1. The lowest BCUT2D eigenvalue weighted by molar-refractivity contribution is 0.0514. The van der Waals surface area contributed by atoms with Crippen LogP contribution in [-0.4, -0.2) is 51.3 Å². The van der Waals surface area contributed by atoms with Gasteiger partial charge in [0.15, 0.2) is 5.96 Å². The molecule has 1 saturated heterocycles. The first-order valence-corrected chi connectivity index (χ1v) is 11.2. The van der Waals surface area contributed by atoms with Gasteiger partial charge in [-0.15, -0.1) is 0 Å². The minimum atomic E-state index is 0.107. The first-order chi connectivity index (χ1) is 12.2. The fourth-order valence-electron chi connectivity index (χ4n) is 3.18. The van der Waals surface area contributed by atoms with Crippen molar-refractivity contribution in [2.24, 2.45) is 4.99 Å². The van der Waals surface area contributed by atoms with Crippen molar-refractivity contribution in [3.8, 4) is 0 Å². The fourth-order valence-corrected chi connectivity index (χ4v) is 3.94. The molecule has 4 nitrogen and oxygen atoms in total. The van der Waals surface area contributed by atoms with Crippen molar-refractivity contribution in [1.29, 1.82) is 0 Å². The standard InChI is InChI=1S/C19H30BrN3OS/c1-21-18(22-11-3-4-14-25-2)23-15-19(9-12-24-13-10-19)16-5-7-17(20)8-6-16/h5-8H,3-4,9-15H2,1-2H3,(H2,21,22,23). The third-order valence-corrected chi connectivity index (χ3v) is 6.02. The molecule has 1 aliphatic rings. The van der Waals surface area contributed by atoms with E-state index >= 15 is 0 Å². The Kier molecular flexibility index (Phi) is 9.13. The molecule has 2 rings (SSSR count). The van der Waals surface area contributed by atoms with Gasteiger partial charge in [0.25, 0.3) is 0 Å². The Morgan fingerprint density at radius 1 is 1.20 bits per heavy atom. The molecule has 0 aromatic heterocycles. The number of hydrogen-bond acceptors (Lipinski definition) is 3. The van der Waals surface area contributed by atoms with E-state index in [1.807, 2.05) is 18.8 Å². The molecule has 0 radical (unpaired) electrons. The number of nitrogens with one attached hydrogen (secondary N) is 2. The zero-order valence-electron chi connectivity index (χ0n) is 15.3. The Labute approximate surface area is 164 Å². The SMILES string of the molecule is CN=C(NCCCCSC)NCC1(c2ccc(Br)cc2)CCOCC1.